The maximum absolute atomic E-state index is 12.7. The van der Waals surface area contributed by atoms with E-state index in [9.17, 15) is 10.1 Å². The summed E-state index contributed by atoms with van der Waals surface area (Å²) in [6.07, 6.45) is 1.53. The van der Waals surface area contributed by atoms with E-state index >= 15 is 0 Å². The molecule has 0 unspecified atom stereocenters. The average molecular weight is 535 g/mol. The molecule has 0 aliphatic rings. The Kier molecular flexibility index (Phi) is 9.33. The van der Waals surface area contributed by atoms with Crippen LogP contribution in [0.2, 0.25) is 0 Å². The van der Waals surface area contributed by atoms with Gasteiger partial charge in [0.25, 0.3) is 5.91 Å². The van der Waals surface area contributed by atoms with Crippen molar-refractivity contribution in [1.29, 1.82) is 5.26 Å². The summed E-state index contributed by atoms with van der Waals surface area (Å²) in [5, 5.41) is 12.4. The third-order valence-electron chi connectivity index (χ3n) is 4.71. The number of carbonyl (C=O) groups is 1. The number of benzene rings is 3. The van der Waals surface area contributed by atoms with Crippen LogP contribution in [-0.2, 0) is 11.4 Å². The van der Waals surface area contributed by atoms with Gasteiger partial charge in [0.2, 0.25) is 0 Å². The molecule has 0 heterocycles. The van der Waals surface area contributed by atoms with Crippen molar-refractivity contribution in [3.8, 4) is 23.3 Å². The van der Waals surface area contributed by atoms with E-state index in [1.54, 1.807) is 36.4 Å². The molecule has 0 radical (unpaired) electrons. The van der Waals surface area contributed by atoms with Crippen LogP contribution < -0.4 is 19.5 Å². The Morgan fingerprint density at radius 3 is 2.51 bits per heavy atom. The topological polar surface area (TPSA) is 80.6 Å². The highest BCUT2D eigenvalue weighted by Crippen LogP contribution is 2.30. The van der Waals surface area contributed by atoms with E-state index in [1.807, 2.05) is 57.2 Å². The summed E-state index contributed by atoms with van der Waals surface area (Å²) in [5.74, 6) is 1.24. The number of carbonyl (C=O) groups excluding carboxylic acids is 1. The van der Waals surface area contributed by atoms with Crippen molar-refractivity contribution in [2.75, 3.05) is 11.9 Å². The second kappa shape index (κ2) is 12.6. The van der Waals surface area contributed by atoms with Crippen LogP contribution in [-0.4, -0.2) is 18.6 Å². The van der Waals surface area contributed by atoms with Crippen LogP contribution in [0.4, 0.5) is 5.69 Å². The molecule has 35 heavy (non-hydrogen) atoms. The normalized spacial score (nSPS) is 11.0. The Hall–Kier alpha value is -3.76. The van der Waals surface area contributed by atoms with Crippen molar-refractivity contribution in [3.63, 3.8) is 0 Å². The molecule has 0 saturated heterocycles. The fourth-order valence-electron chi connectivity index (χ4n) is 3.18. The predicted molar refractivity (Wildman–Crippen MR) is 141 cm³/mol. The lowest BCUT2D eigenvalue weighted by molar-refractivity contribution is -0.112. The Morgan fingerprint density at radius 1 is 1.06 bits per heavy atom. The largest absolute Gasteiger partial charge is 0.491 e. The number of halogens is 1. The second-order valence-corrected chi connectivity index (χ2v) is 8.79. The molecule has 0 spiro atoms. The fourth-order valence-corrected chi connectivity index (χ4v) is 3.44. The number of hydrogen-bond donors (Lipinski definition) is 1. The van der Waals surface area contributed by atoms with E-state index in [2.05, 4.69) is 21.2 Å². The summed E-state index contributed by atoms with van der Waals surface area (Å²) in [7, 11) is 0. The van der Waals surface area contributed by atoms with Gasteiger partial charge >= 0.3 is 0 Å². The first-order valence-electron chi connectivity index (χ1n) is 11.2. The van der Waals surface area contributed by atoms with E-state index in [4.69, 9.17) is 14.2 Å². The SMILES string of the molecule is CCOc1cc(/C=C(/C#N)C(=O)Nc2cccc(OC(C)C)c2)ccc1OCc1ccc(Br)cc1. The van der Waals surface area contributed by atoms with Crippen molar-refractivity contribution in [1.82, 2.24) is 0 Å². The molecule has 3 rings (SSSR count). The van der Waals surface area contributed by atoms with Crippen LogP contribution >= 0.6 is 15.9 Å². The molecule has 0 aliphatic carbocycles. The molecule has 3 aromatic carbocycles. The molecule has 0 bridgehead atoms. The van der Waals surface area contributed by atoms with Gasteiger partial charge in [-0.25, -0.2) is 0 Å². The zero-order valence-electron chi connectivity index (χ0n) is 19.9. The fraction of sp³-hybridized carbons (Fsp3) is 0.214. The number of rotatable bonds is 10. The standard InChI is InChI=1S/C28H27BrN2O4/c1-4-33-27-15-21(10-13-26(27)34-18-20-8-11-23(29)12-9-20)14-22(17-30)28(32)31-24-6-5-7-25(16-24)35-19(2)3/h5-16,19H,4,18H2,1-3H3,(H,31,32)/b22-14-. The summed E-state index contributed by atoms with van der Waals surface area (Å²) in [4.78, 5) is 12.7. The Labute approximate surface area is 214 Å². The maximum atomic E-state index is 12.7. The van der Waals surface area contributed by atoms with Crippen LogP contribution in [0.15, 0.2) is 76.8 Å². The number of amides is 1. The molecule has 0 saturated carbocycles. The molecule has 0 aromatic heterocycles. The first kappa shape index (κ1) is 25.9. The number of nitriles is 1. The van der Waals surface area contributed by atoms with Crippen LogP contribution in [0, 0.1) is 11.3 Å². The highest BCUT2D eigenvalue weighted by Gasteiger charge is 2.12. The highest BCUT2D eigenvalue weighted by atomic mass is 79.9. The lowest BCUT2D eigenvalue weighted by atomic mass is 10.1. The van der Waals surface area contributed by atoms with E-state index in [0.29, 0.717) is 41.7 Å². The number of nitrogens with one attached hydrogen (secondary N) is 1. The Morgan fingerprint density at radius 2 is 1.83 bits per heavy atom. The van der Waals surface area contributed by atoms with Gasteiger partial charge in [0, 0.05) is 16.2 Å². The number of anilines is 1. The third-order valence-corrected chi connectivity index (χ3v) is 5.24. The van der Waals surface area contributed by atoms with Crippen molar-refractivity contribution >= 4 is 33.6 Å². The summed E-state index contributed by atoms with van der Waals surface area (Å²) in [5.41, 5.74) is 2.17. The molecule has 0 fully saturated rings. The lowest BCUT2D eigenvalue weighted by Gasteiger charge is -2.13. The van der Waals surface area contributed by atoms with Gasteiger partial charge in [-0.3, -0.25) is 4.79 Å². The van der Waals surface area contributed by atoms with E-state index < -0.39 is 5.91 Å². The molecule has 1 N–H and O–H groups in total. The van der Waals surface area contributed by atoms with E-state index in [0.717, 1.165) is 10.0 Å². The van der Waals surface area contributed by atoms with Gasteiger partial charge in [0.1, 0.15) is 24.0 Å². The molecule has 6 nitrogen and oxygen atoms in total. The summed E-state index contributed by atoms with van der Waals surface area (Å²) in [6.45, 7) is 6.56. The molecule has 0 atom stereocenters. The summed E-state index contributed by atoms with van der Waals surface area (Å²) >= 11 is 3.42. The van der Waals surface area contributed by atoms with Gasteiger partial charge < -0.3 is 19.5 Å². The minimum Gasteiger partial charge on any atom is -0.491 e. The summed E-state index contributed by atoms with van der Waals surface area (Å²) in [6, 6.07) is 22.2. The van der Waals surface area contributed by atoms with Crippen LogP contribution in [0.25, 0.3) is 6.08 Å². The lowest BCUT2D eigenvalue weighted by Crippen LogP contribution is -2.13. The smallest absolute Gasteiger partial charge is 0.266 e. The molecule has 7 heteroatoms. The van der Waals surface area contributed by atoms with Crippen molar-refractivity contribution in [2.24, 2.45) is 0 Å². The van der Waals surface area contributed by atoms with Gasteiger partial charge in [-0.05, 0) is 74.4 Å². The van der Waals surface area contributed by atoms with Gasteiger partial charge in [0.05, 0.1) is 12.7 Å². The monoisotopic (exact) mass is 534 g/mol. The van der Waals surface area contributed by atoms with Gasteiger partial charge in [-0.2, -0.15) is 5.26 Å². The highest BCUT2D eigenvalue weighted by molar-refractivity contribution is 9.10. The number of ether oxygens (including phenoxy) is 3. The molecular weight excluding hydrogens is 508 g/mol. The van der Waals surface area contributed by atoms with Crippen LogP contribution in [0.1, 0.15) is 31.9 Å². The molecule has 0 aliphatic heterocycles. The van der Waals surface area contributed by atoms with Crippen LogP contribution in [0.3, 0.4) is 0 Å². The van der Waals surface area contributed by atoms with Crippen molar-refractivity contribution in [2.45, 2.75) is 33.5 Å². The molecular formula is C28H27BrN2O4. The van der Waals surface area contributed by atoms with E-state index in [-0.39, 0.29) is 11.7 Å². The van der Waals surface area contributed by atoms with Crippen LogP contribution in [0.5, 0.6) is 17.2 Å². The molecule has 1 amide bonds. The van der Waals surface area contributed by atoms with Crippen molar-refractivity contribution < 1.29 is 19.0 Å². The number of hydrogen-bond acceptors (Lipinski definition) is 5. The molecule has 3 aromatic rings. The quantitative estimate of drug-likeness (QED) is 0.229. The van der Waals surface area contributed by atoms with Gasteiger partial charge in [-0.15, -0.1) is 0 Å². The Bertz CT molecular complexity index is 1230. The Balaban J connectivity index is 1.75. The van der Waals surface area contributed by atoms with Gasteiger partial charge in [0.15, 0.2) is 11.5 Å². The van der Waals surface area contributed by atoms with E-state index in [1.165, 1.54) is 6.08 Å². The average Bonchev–Trinajstić information content (AvgIpc) is 2.83. The van der Waals surface area contributed by atoms with Crippen molar-refractivity contribution in [3.05, 3.63) is 87.9 Å². The maximum Gasteiger partial charge on any atom is 0.266 e. The first-order valence-corrected chi connectivity index (χ1v) is 12.0. The minimum atomic E-state index is -0.511. The third kappa shape index (κ3) is 7.90. The zero-order chi connectivity index (χ0) is 25.2. The second-order valence-electron chi connectivity index (χ2n) is 7.87. The predicted octanol–water partition coefficient (Wildman–Crippen LogP) is 6.76. The summed E-state index contributed by atoms with van der Waals surface area (Å²) < 4.78 is 18.4. The first-order chi connectivity index (χ1) is 16.9. The molecule has 180 valence electrons. The zero-order valence-corrected chi connectivity index (χ0v) is 21.5. The number of nitrogens with zero attached hydrogens (tertiary/aromatic N) is 1. The van der Waals surface area contributed by atoms with Gasteiger partial charge in [-0.1, -0.05) is 40.2 Å². The minimum absolute atomic E-state index is 0.0110.